The van der Waals surface area contributed by atoms with Crippen molar-refractivity contribution in [1.82, 2.24) is 15.0 Å². The number of hydrogen-bond donors (Lipinski definition) is 0. The van der Waals surface area contributed by atoms with Crippen LogP contribution in [0.2, 0.25) is 0 Å². The second-order valence-corrected chi connectivity index (χ2v) is 7.35. The average molecular weight is 369 g/mol. The summed E-state index contributed by atoms with van der Waals surface area (Å²) in [6, 6.07) is 19.7. The Morgan fingerprint density at radius 1 is 0.929 bits per heavy atom. The minimum absolute atomic E-state index is 0.0834. The van der Waals surface area contributed by atoms with E-state index >= 15 is 0 Å². The molecule has 0 radical (unpaired) electrons. The molecule has 4 rings (SSSR count). The third-order valence-electron chi connectivity index (χ3n) is 5.32. The van der Waals surface area contributed by atoms with Crippen LogP contribution in [0.25, 0.3) is 5.57 Å². The van der Waals surface area contributed by atoms with Crippen LogP contribution < -0.4 is 0 Å². The van der Waals surface area contributed by atoms with E-state index in [9.17, 15) is 4.79 Å². The first-order chi connectivity index (χ1) is 13.6. The van der Waals surface area contributed by atoms with E-state index in [-0.39, 0.29) is 5.78 Å². The summed E-state index contributed by atoms with van der Waals surface area (Å²) in [5.41, 5.74) is 7.08. The van der Waals surface area contributed by atoms with Gasteiger partial charge < -0.3 is 0 Å². The van der Waals surface area contributed by atoms with Crippen molar-refractivity contribution in [2.45, 2.75) is 33.2 Å². The molecule has 0 aliphatic heterocycles. The molecule has 0 spiro atoms. The maximum absolute atomic E-state index is 13.2. The van der Waals surface area contributed by atoms with Crippen LogP contribution in [0.5, 0.6) is 0 Å². The predicted octanol–water partition coefficient (Wildman–Crippen LogP) is 5.09. The van der Waals surface area contributed by atoms with E-state index in [2.05, 4.69) is 36.3 Å². The number of hydrogen-bond acceptors (Lipinski definition) is 3. The normalized spacial score (nSPS) is 14.5. The van der Waals surface area contributed by atoms with Crippen molar-refractivity contribution in [1.29, 1.82) is 0 Å². The molecular formula is C24H23N3O. The first-order valence-electron chi connectivity index (χ1n) is 9.53. The average Bonchev–Trinajstić information content (AvgIpc) is 3.19. The molecular weight excluding hydrogens is 346 g/mol. The molecule has 0 fully saturated rings. The zero-order valence-electron chi connectivity index (χ0n) is 16.2. The highest BCUT2D eigenvalue weighted by atomic mass is 16.1. The molecule has 0 unspecified atom stereocenters. The SMILES string of the molecule is CC1=C(C)CC(c2cn(Cc3ccccc3)nn2)=C(C(=O)c2ccccc2)C1. The molecule has 0 bridgehead atoms. The van der Waals surface area contributed by atoms with Crippen LogP contribution in [0.15, 0.2) is 83.6 Å². The summed E-state index contributed by atoms with van der Waals surface area (Å²) in [5.74, 6) is 0.0834. The minimum atomic E-state index is 0.0834. The monoisotopic (exact) mass is 369 g/mol. The lowest BCUT2D eigenvalue weighted by Crippen LogP contribution is -2.12. The van der Waals surface area contributed by atoms with Gasteiger partial charge in [0.05, 0.1) is 12.7 Å². The Labute approximate surface area is 165 Å². The maximum Gasteiger partial charge on any atom is 0.189 e. The Morgan fingerprint density at radius 3 is 2.29 bits per heavy atom. The Morgan fingerprint density at radius 2 is 1.57 bits per heavy atom. The van der Waals surface area contributed by atoms with Crippen molar-refractivity contribution in [3.63, 3.8) is 0 Å². The van der Waals surface area contributed by atoms with E-state index in [1.54, 1.807) is 0 Å². The molecule has 140 valence electrons. The number of benzene rings is 2. The number of allylic oxidation sites excluding steroid dienone is 4. The molecule has 0 saturated carbocycles. The van der Waals surface area contributed by atoms with E-state index in [0.29, 0.717) is 13.0 Å². The minimum Gasteiger partial charge on any atom is -0.289 e. The molecule has 0 saturated heterocycles. The quantitative estimate of drug-likeness (QED) is 0.465. The van der Waals surface area contributed by atoms with Crippen molar-refractivity contribution < 1.29 is 4.79 Å². The highest BCUT2D eigenvalue weighted by molar-refractivity contribution is 6.13. The first kappa shape index (κ1) is 18.1. The van der Waals surface area contributed by atoms with Gasteiger partial charge in [-0.1, -0.05) is 77.0 Å². The Kier molecular flexibility index (Phi) is 5.02. The van der Waals surface area contributed by atoms with Crippen molar-refractivity contribution >= 4 is 11.4 Å². The maximum atomic E-state index is 13.2. The Balaban J connectivity index is 1.69. The molecule has 4 nitrogen and oxygen atoms in total. The van der Waals surface area contributed by atoms with Crippen molar-refractivity contribution in [2.75, 3.05) is 0 Å². The van der Waals surface area contributed by atoms with Gasteiger partial charge in [0, 0.05) is 11.1 Å². The van der Waals surface area contributed by atoms with Gasteiger partial charge in [-0.3, -0.25) is 4.79 Å². The zero-order chi connectivity index (χ0) is 19.5. The summed E-state index contributed by atoms with van der Waals surface area (Å²) in [6.07, 6.45) is 3.36. The standard InChI is InChI=1S/C24H23N3O/c1-17-13-21(22(14-18(17)2)24(28)20-11-7-4-8-12-20)23-16-27(26-25-23)15-19-9-5-3-6-10-19/h3-12,16H,13-15H2,1-2H3. The number of Topliss-reactive ketones (excluding diaryl/α,β-unsaturated/α-hetero) is 1. The summed E-state index contributed by atoms with van der Waals surface area (Å²) < 4.78 is 1.84. The number of aromatic nitrogens is 3. The summed E-state index contributed by atoms with van der Waals surface area (Å²) >= 11 is 0. The zero-order valence-corrected chi connectivity index (χ0v) is 16.2. The second kappa shape index (κ2) is 7.77. The molecule has 3 aromatic rings. The highest BCUT2D eigenvalue weighted by Crippen LogP contribution is 2.36. The topological polar surface area (TPSA) is 47.8 Å². The lowest BCUT2D eigenvalue weighted by Gasteiger charge is -2.21. The fourth-order valence-electron chi connectivity index (χ4n) is 3.56. The van der Waals surface area contributed by atoms with Crippen molar-refractivity contribution in [3.8, 4) is 0 Å². The van der Waals surface area contributed by atoms with Crippen LogP contribution in [-0.4, -0.2) is 20.8 Å². The molecule has 0 amide bonds. The van der Waals surface area contributed by atoms with Crippen LogP contribution in [0.4, 0.5) is 0 Å². The summed E-state index contributed by atoms with van der Waals surface area (Å²) in [5, 5.41) is 8.70. The first-order valence-corrected chi connectivity index (χ1v) is 9.53. The molecule has 1 aliphatic carbocycles. The van der Waals surface area contributed by atoms with Crippen LogP contribution in [0, 0.1) is 0 Å². The van der Waals surface area contributed by atoms with Crippen LogP contribution in [-0.2, 0) is 6.54 Å². The van der Waals surface area contributed by atoms with E-state index in [1.165, 1.54) is 16.7 Å². The number of carbonyl (C=O) groups excluding carboxylic acids is 1. The van der Waals surface area contributed by atoms with Gasteiger partial charge in [-0.25, -0.2) is 4.68 Å². The van der Waals surface area contributed by atoms with Crippen molar-refractivity contribution in [2.24, 2.45) is 0 Å². The lowest BCUT2D eigenvalue weighted by atomic mass is 9.83. The van der Waals surface area contributed by atoms with Gasteiger partial charge in [0.15, 0.2) is 5.78 Å². The molecule has 4 heteroatoms. The van der Waals surface area contributed by atoms with Gasteiger partial charge in [-0.2, -0.15) is 0 Å². The van der Waals surface area contributed by atoms with Gasteiger partial charge in [0.2, 0.25) is 0 Å². The van der Waals surface area contributed by atoms with Gasteiger partial charge >= 0.3 is 0 Å². The number of ketones is 1. The Hall–Kier alpha value is -3.27. The third kappa shape index (κ3) is 3.72. The predicted molar refractivity (Wildman–Crippen MR) is 111 cm³/mol. The van der Waals surface area contributed by atoms with E-state index in [1.807, 2.05) is 59.4 Å². The molecule has 1 aromatic heterocycles. The summed E-state index contributed by atoms with van der Waals surface area (Å²) in [4.78, 5) is 13.2. The number of nitrogens with zero attached hydrogens (tertiary/aromatic N) is 3. The van der Waals surface area contributed by atoms with Gasteiger partial charge in [-0.15, -0.1) is 5.10 Å². The molecule has 1 aliphatic rings. The highest BCUT2D eigenvalue weighted by Gasteiger charge is 2.25. The third-order valence-corrected chi connectivity index (χ3v) is 5.32. The lowest BCUT2D eigenvalue weighted by molar-refractivity contribution is 0.103. The van der Waals surface area contributed by atoms with Crippen LogP contribution in [0.3, 0.4) is 0 Å². The molecule has 0 atom stereocenters. The van der Waals surface area contributed by atoms with E-state index < -0.39 is 0 Å². The molecule has 1 heterocycles. The van der Waals surface area contributed by atoms with Crippen molar-refractivity contribution in [3.05, 3.63) is 100 Å². The van der Waals surface area contributed by atoms with Gasteiger partial charge in [0.1, 0.15) is 5.69 Å². The number of rotatable bonds is 5. The van der Waals surface area contributed by atoms with Gasteiger partial charge in [-0.05, 0) is 37.8 Å². The number of carbonyl (C=O) groups is 1. The smallest absolute Gasteiger partial charge is 0.189 e. The Bertz CT molecular complexity index is 1060. The van der Waals surface area contributed by atoms with Crippen LogP contribution >= 0.6 is 0 Å². The summed E-state index contributed by atoms with van der Waals surface area (Å²) in [6.45, 7) is 4.90. The van der Waals surface area contributed by atoms with E-state index in [4.69, 9.17) is 0 Å². The fraction of sp³-hybridized carbons (Fsp3) is 0.208. The second-order valence-electron chi connectivity index (χ2n) is 7.35. The van der Waals surface area contributed by atoms with E-state index in [0.717, 1.165) is 28.8 Å². The largest absolute Gasteiger partial charge is 0.289 e. The molecule has 0 N–H and O–H groups in total. The fourth-order valence-corrected chi connectivity index (χ4v) is 3.56. The van der Waals surface area contributed by atoms with Crippen LogP contribution in [0.1, 0.15) is 48.3 Å². The molecule has 28 heavy (non-hydrogen) atoms. The molecule has 2 aromatic carbocycles. The summed E-state index contributed by atoms with van der Waals surface area (Å²) in [7, 11) is 0. The van der Waals surface area contributed by atoms with Gasteiger partial charge in [0.25, 0.3) is 0 Å².